The van der Waals surface area contributed by atoms with E-state index in [4.69, 9.17) is 0 Å². The van der Waals surface area contributed by atoms with Crippen molar-refractivity contribution in [2.75, 3.05) is 19.8 Å². The number of hydrogen-bond donors (Lipinski definition) is 0. The molecule has 2 heterocycles. The van der Waals surface area contributed by atoms with Gasteiger partial charge in [-0.15, -0.1) is 0 Å². The number of ketones is 1. The molecule has 0 bridgehead atoms. The van der Waals surface area contributed by atoms with Crippen LogP contribution in [0.4, 0.5) is 4.79 Å². The maximum atomic E-state index is 13.0. The number of thioether (sulfide) groups is 1. The molecular weight excluding hydrogens is 412 g/mol. The predicted molar refractivity (Wildman–Crippen MR) is 121 cm³/mol. The van der Waals surface area contributed by atoms with Gasteiger partial charge in [-0.05, 0) is 29.2 Å². The highest BCUT2D eigenvalue weighted by atomic mass is 32.2. The number of amides is 3. The molecule has 0 aliphatic carbocycles. The van der Waals surface area contributed by atoms with E-state index >= 15 is 0 Å². The Morgan fingerprint density at radius 1 is 1.06 bits per heavy atom. The molecule has 1 saturated heterocycles. The fourth-order valence-corrected chi connectivity index (χ4v) is 4.62. The van der Waals surface area contributed by atoms with Crippen molar-refractivity contribution in [3.05, 3.63) is 71.3 Å². The standard InChI is InChI=1S/C23H23N4O3S/c1-15-8-7-9-16(12-15)13-27-19-20(25(2)23(30)26(3)21(19)29)24-22(27)31-14-18(28)17-10-5-4-6-11-17/h4-12,19H,13-14H2,1-3H3/q+1. The lowest BCUT2D eigenvalue weighted by Gasteiger charge is -2.30. The second kappa shape index (κ2) is 8.47. The van der Waals surface area contributed by atoms with E-state index in [0.717, 1.165) is 16.0 Å². The van der Waals surface area contributed by atoms with Crippen LogP contribution in [0.1, 0.15) is 21.5 Å². The zero-order chi connectivity index (χ0) is 22.1. The van der Waals surface area contributed by atoms with Crippen molar-refractivity contribution < 1.29 is 19.0 Å². The molecule has 3 amide bonds. The number of likely N-dealkylation sites (N-methyl/N-ethyl adjacent to an activating group) is 2. The molecule has 0 radical (unpaired) electrons. The van der Waals surface area contributed by atoms with Crippen LogP contribution in [0.25, 0.3) is 0 Å². The van der Waals surface area contributed by atoms with E-state index in [-0.39, 0.29) is 17.4 Å². The third-order valence-electron chi connectivity index (χ3n) is 5.36. The van der Waals surface area contributed by atoms with Gasteiger partial charge >= 0.3 is 11.2 Å². The Morgan fingerprint density at radius 3 is 2.52 bits per heavy atom. The van der Waals surface area contributed by atoms with E-state index in [2.05, 4.69) is 11.1 Å². The second-order valence-corrected chi connectivity index (χ2v) is 8.53. The summed E-state index contributed by atoms with van der Waals surface area (Å²) in [4.78, 5) is 45.2. The summed E-state index contributed by atoms with van der Waals surface area (Å²) in [5, 5.41) is 0.564. The van der Waals surface area contributed by atoms with Gasteiger partial charge in [0.2, 0.25) is 0 Å². The second-order valence-electron chi connectivity index (χ2n) is 7.59. The molecule has 0 N–H and O–H groups in total. The number of benzene rings is 2. The monoisotopic (exact) mass is 435 g/mol. The molecule has 1 fully saturated rings. The lowest BCUT2D eigenvalue weighted by atomic mass is 10.1. The number of nitrogens with zero attached hydrogens (tertiary/aromatic N) is 4. The third-order valence-corrected chi connectivity index (χ3v) is 6.35. The van der Waals surface area contributed by atoms with Gasteiger partial charge in [-0.25, -0.2) is 9.37 Å². The van der Waals surface area contributed by atoms with Gasteiger partial charge in [-0.3, -0.25) is 19.4 Å². The lowest BCUT2D eigenvalue weighted by Crippen LogP contribution is -2.61. The number of amidine groups is 2. The van der Waals surface area contributed by atoms with Crippen LogP contribution in [-0.4, -0.2) is 69.0 Å². The van der Waals surface area contributed by atoms with Crippen LogP contribution in [0.5, 0.6) is 0 Å². The smallest absolute Gasteiger partial charge is 0.293 e. The first-order valence-corrected chi connectivity index (χ1v) is 10.9. The minimum atomic E-state index is -0.692. The van der Waals surface area contributed by atoms with Crippen LogP contribution < -0.4 is 0 Å². The molecule has 2 aromatic rings. The molecule has 158 valence electrons. The minimum Gasteiger partial charge on any atom is -0.293 e. The number of Topliss-reactive ketones (excluding diaryl/α,β-unsaturated/α-hetero) is 1. The van der Waals surface area contributed by atoms with Gasteiger partial charge in [0, 0.05) is 19.7 Å². The molecule has 0 aromatic heterocycles. The summed E-state index contributed by atoms with van der Waals surface area (Å²) >= 11 is 1.29. The van der Waals surface area contributed by atoms with Gasteiger partial charge in [0.25, 0.3) is 17.8 Å². The van der Waals surface area contributed by atoms with Gasteiger partial charge in [-0.1, -0.05) is 60.2 Å². The van der Waals surface area contributed by atoms with Crippen molar-refractivity contribution in [2.24, 2.45) is 4.99 Å². The maximum Gasteiger partial charge on any atom is 0.358 e. The molecule has 0 spiro atoms. The van der Waals surface area contributed by atoms with E-state index < -0.39 is 12.1 Å². The SMILES string of the molecule is Cc1cccc(C[N+]2=C(SCC(=O)c3ccccc3)N=C3C2C(=O)N(C)C(=O)N3C)c1. The topological polar surface area (TPSA) is 73.1 Å². The number of aliphatic imine (C=N–C) groups is 1. The summed E-state index contributed by atoms with van der Waals surface area (Å²) in [6.45, 7) is 2.46. The molecule has 31 heavy (non-hydrogen) atoms. The highest BCUT2D eigenvalue weighted by Crippen LogP contribution is 2.25. The zero-order valence-electron chi connectivity index (χ0n) is 17.6. The molecule has 0 saturated carbocycles. The number of rotatable bonds is 5. The van der Waals surface area contributed by atoms with Crippen molar-refractivity contribution >= 4 is 40.5 Å². The van der Waals surface area contributed by atoms with Crippen molar-refractivity contribution in [2.45, 2.75) is 19.5 Å². The van der Waals surface area contributed by atoms with Crippen LogP contribution in [0.3, 0.4) is 0 Å². The molecule has 4 rings (SSSR count). The van der Waals surface area contributed by atoms with Crippen molar-refractivity contribution in [3.8, 4) is 0 Å². The Kier molecular flexibility index (Phi) is 5.73. The number of imide groups is 1. The van der Waals surface area contributed by atoms with Crippen LogP contribution in [-0.2, 0) is 11.3 Å². The molecular formula is C23H23N4O3S+. The average molecular weight is 436 g/mol. The molecule has 2 aliphatic rings. The van der Waals surface area contributed by atoms with Crippen LogP contribution in [0.2, 0.25) is 0 Å². The minimum absolute atomic E-state index is 0.0171. The summed E-state index contributed by atoms with van der Waals surface area (Å²) in [6, 6.07) is 16.0. The van der Waals surface area contributed by atoms with Crippen LogP contribution in [0.15, 0.2) is 59.6 Å². The maximum absolute atomic E-state index is 13.0. The van der Waals surface area contributed by atoms with E-state index in [1.54, 1.807) is 19.2 Å². The van der Waals surface area contributed by atoms with Gasteiger partial charge in [0.1, 0.15) is 6.54 Å². The summed E-state index contributed by atoms with van der Waals surface area (Å²) in [6.07, 6.45) is 0. The Balaban J connectivity index is 1.67. The summed E-state index contributed by atoms with van der Waals surface area (Å²) in [7, 11) is 3.09. The van der Waals surface area contributed by atoms with Gasteiger partial charge in [0.15, 0.2) is 5.78 Å². The molecule has 1 atom stereocenters. The Morgan fingerprint density at radius 2 is 1.81 bits per heavy atom. The fraction of sp³-hybridized carbons (Fsp3) is 0.261. The first-order valence-electron chi connectivity index (χ1n) is 9.91. The van der Waals surface area contributed by atoms with E-state index in [1.807, 2.05) is 47.9 Å². The molecule has 7 nitrogen and oxygen atoms in total. The lowest BCUT2D eigenvalue weighted by molar-refractivity contribution is -0.548. The summed E-state index contributed by atoms with van der Waals surface area (Å²) in [5.74, 6) is 0.251. The van der Waals surface area contributed by atoms with Crippen molar-refractivity contribution in [1.29, 1.82) is 0 Å². The van der Waals surface area contributed by atoms with Crippen LogP contribution >= 0.6 is 11.8 Å². The number of fused-ring (bicyclic) bond motifs is 1. The summed E-state index contributed by atoms with van der Waals surface area (Å²) < 4.78 is 1.88. The third kappa shape index (κ3) is 4.03. The first kappa shape index (κ1) is 21.0. The Hall–Kier alpha value is -3.26. The quantitative estimate of drug-likeness (QED) is 0.535. The van der Waals surface area contributed by atoms with Crippen molar-refractivity contribution in [1.82, 2.24) is 9.80 Å². The van der Waals surface area contributed by atoms with E-state index in [9.17, 15) is 14.4 Å². The number of carbonyl (C=O) groups is 3. The van der Waals surface area contributed by atoms with Crippen molar-refractivity contribution in [3.63, 3.8) is 0 Å². The highest BCUT2D eigenvalue weighted by Gasteiger charge is 2.53. The molecule has 8 heteroatoms. The van der Waals surface area contributed by atoms with E-state index in [0.29, 0.717) is 23.1 Å². The van der Waals surface area contributed by atoms with E-state index in [1.165, 1.54) is 23.7 Å². The first-order chi connectivity index (χ1) is 14.9. The van der Waals surface area contributed by atoms with Gasteiger partial charge < -0.3 is 0 Å². The van der Waals surface area contributed by atoms with Gasteiger partial charge in [0.05, 0.1) is 5.75 Å². The normalized spacial score (nSPS) is 18.4. The number of aryl methyl sites for hydroxylation is 1. The Labute approximate surface area is 185 Å². The number of carbonyl (C=O) groups excluding carboxylic acids is 3. The average Bonchev–Trinajstić information content (AvgIpc) is 3.13. The molecule has 2 aromatic carbocycles. The summed E-state index contributed by atoms with van der Waals surface area (Å²) in [5.41, 5.74) is 2.77. The highest BCUT2D eigenvalue weighted by molar-refractivity contribution is 8.14. The largest absolute Gasteiger partial charge is 0.358 e. The fourth-order valence-electron chi connectivity index (χ4n) is 3.69. The van der Waals surface area contributed by atoms with Crippen LogP contribution in [0, 0.1) is 6.92 Å². The zero-order valence-corrected chi connectivity index (χ0v) is 18.4. The molecule has 1 unspecified atom stereocenters. The number of urea groups is 1. The molecule has 2 aliphatic heterocycles. The Bertz CT molecular complexity index is 1130. The predicted octanol–water partition coefficient (Wildman–Crippen LogP) is 2.78. The number of hydrogen-bond acceptors (Lipinski definition) is 5. The van der Waals surface area contributed by atoms with Gasteiger partial charge in [-0.2, -0.15) is 0 Å².